The number of hydrogen-bond donors (Lipinski definition) is 1. The van der Waals surface area contributed by atoms with Crippen molar-refractivity contribution in [2.24, 2.45) is 0 Å². The molecule has 0 saturated heterocycles. The van der Waals surface area contributed by atoms with E-state index in [1.54, 1.807) is 6.08 Å². The second-order valence-corrected chi connectivity index (χ2v) is 4.23. The lowest BCUT2D eigenvalue weighted by Crippen LogP contribution is -1.97. The average Bonchev–Trinajstić information content (AvgIpc) is 2.41. The lowest BCUT2D eigenvalue weighted by Gasteiger charge is -2.06. The molecular formula is C16H20O3. The fourth-order valence-corrected chi connectivity index (χ4v) is 1.63. The molecule has 1 aromatic rings. The molecular weight excluding hydrogens is 240 g/mol. The first-order valence-electron chi connectivity index (χ1n) is 6.47. The molecule has 0 saturated carbocycles. The van der Waals surface area contributed by atoms with Crippen LogP contribution < -0.4 is 4.74 Å². The van der Waals surface area contributed by atoms with Gasteiger partial charge in [-0.3, -0.25) is 0 Å². The van der Waals surface area contributed by atoms with Crippen molar-refractivity contribution in [3.8, 4) is 5.75 Å². The Morgan fingerprint density at radius 3 is 2.89 bits per heavy atom. The van der Waals surface area contributed by atoms with Crippen molar-refractivity contribution in [3.63, 3.8) is 0 Å². The molecule has 0 aromatic heterocycles. The van der Waals surface area contributed by atoms with Crippen molar-refractivity contribution < 1.29 is 14.6 Å². The van der Waals surface area contributed by atoms with Crippen LogP contribution in [0.1, 0.15) is 31.2 Å². The summed E-state index contributed by atoms with van der Waals surface area (Å²) in [5, 5.41) is 8.56. The van der Waals surface area contributed by atoms with Crippen molar-refractivity contribution in [2.45, 2.75) is 25.7 Å². The molecule has 0 amide bonds. The van der Waals surface area contributed by atoms with Crippen LogP contribution in [-0.4, -0.2) is 17.7 Å². The van der Waals surface area contributed by atoms with Crippen molar-refractivity contribution in [2.75, 3.05) is 6.61 Å². The Morgan fingerprint density at radius 2 is 2.16 bits per heavy atom. The molecule has 1 rings (SSSR count). The summed E-state index contributed by atoms with van der Waals surface area (Å²) in [6.07, 6.45) is 8.95. The third kappa shape index (κ3) is 7.09. The molecule has 0 spiro atoms. The molecule has 0 fully saturated rings. The van der Waals surface area contributed by atoms with Crippen LogP contribution in [0.2, 0.25) is 0 Å². The third-order valence-electron chi connectivity index (χ3n) is 2.60. The first kappa shape index (κ1) is 15.0. The molecule has 0 atom stereocenters. The number of rotatable bonds is 9. The molecule has 3 heteroatoms. The minimum Gasteiger partial charge on any atom is -0.494 e. The van der Waals surface area contributed by atoms with E-state index in [-0.39, 0.29) is 0 Å². The van der Waals surface area contributed by atoms with Crippen molar-refractivity contribution in [1.82, 2.24) is 0 Å². The van der Waals surface area contributed by atoms with E-state index < -0.39 is 5.97 Å². The van der Waals surface area contributed by atoms with Crippen molar-refractivity contribution in [3.05, 3.63) is 48.6 Å². The summed E-state index contributed by atoms with van der Waals surface area (Å²) in [7, 11) is 0. The smallest absolute Gasteiger partial charge is 0.328 e. The number of hydrogen-bond acceptors (Lipinski definition) is 2. The molecule has 0 aliphatic rings. The molecule has 0 aliphatic carbocycles. The summed E-state index contributed by atoms with van der Waals surface area (Å²) < 4.78 is 5.63. The van der Waals surface area contributed by atoms with Gasteiger partial charge in [-0.1, -0.05) is 18.2 Å². The van der Waals surface area contributed by atoms with Crippen LogP contribution in [0.25, 0.3) is 6.08 Å². The summed E-state index contributed by atoms with van der Waals surface area (Å²) >= 11 is 0. The molecule has 1 aromatic carbocycles. The number of aliphatic carboxylic acids is 1. The average molecular weight is 260 g/mol. The van der Waals surface area contributed by atoms with E-state index >= 15 is 0 Å². The van der Waals surface area contributed by atoms with Gasteiger partial charge in [0.15, 0.2) is 0 Å². The minimum atomic E-state index is -0.950. The Morgan fingerprint density at radius 1 is 1.32 bits per heavy atom. The van der Waals surface area contributed by atoms with Crippen LogP contribution in [-0.2, 0) is 4.79 Å². The van der Waals surface area contributed by atoms with E-state index in [0.717, 1.165) is 43.1 Å². The molecule has 19 heavy (non-hydrogen) atoms. The normalized spacial score (nSPS) is 10.5. The predicted molar refractivity (Wildman–Crippen MR) is 77.3 cm³/mol. The second kappa shape index (κ2) is 8.97. The summed E-state index contributed by atoms with van der Waals surface area (Å²) in [5.41, 5.74) is 0.826. The Kier molecular flexibility index (Phi) is 7.10. The van der Waals surface area contributed by atoms with Gasteiger partial charge < -0.3 is 9.84 Å². The maximum absolute atomic E-state index is 10.4. The number of ether oxygens (including phenoxy) is 1. The van der Waals surface area contributed by atoms with Gasteiger partial charge in [-0.25, -0.2) is 4.79 Å². The van der Waals surface area contributed by atoms with E-state index in [4.69, 9.17) is 9.84 Å². The summed E-state index contributed by atoms with van der Waals surface area (Å²) in [5.74, 6) is -0.176. The molecule has 0 unspecified atom stereocenters. The van der Waals surface area contributed by atoms with Crippen LogP contribution in [0.5, 0.6) is 5.75 Å². The molecule has 0 bridgehead atoms. The SMILES string of the molecule is C=CCCCCCOc1cccc(/C=C/C(=O)O)c1. The number of allylic oxidation sites excluding steroid dienone is 1. The highest BCUT2D eigenvalue weighted by atomic mass is 16.5. The zero-order valence-electron chi connectivity index (χ0n) is 11.0. The molecule has 0 radical (unpaired) electrons. The maximum atomic E-state index is 10.4. The lowest BCUT2D eigenvalue weighted by atomic mass is 10.2. The first-order chi connectivity index (χ1) is 9.22. The highest BCUT2D eigenvalue weighted by molar-refractivity contribution is 5.85. The van der Waals surface area contributed by atoms with Gasteiger partial charge in [0.2, 0.25) is 0 Å². The van der Waals surface area contributed by atoms with E-state index in [0.29, 0.717) is 6.61 Å². The van der Waals surface area contributed by atoms with Crippen LogP contribution in [0.15, 0.2) is 43.0 Å². The first-order valence-corrected chi connectivity index (χ1v) is 6.47. The van der Waals surface area contributed by atoms with Gasteiger partial charge >= 0.3 is 5.97 Å². The minimum absolute atomic E-state index is 0.684. The zero-order valence-corrected chi connectivity index (χ0v) is 11.0. The van der Waals surface area contributed by atoms with E-state index in [9.17, 15) is 4.79 Å². The van der Waals surface area contributed by atoms with Crippen molar-refractivity contribution in [1.29, 1.82) is 0 Å². The number of benzene rings is 1. The van der Waals surface area contributed by atoms with Gasteiger partial charge in [-0.05, 0) is 49.5 Å². The lowest BCUT2D eigenvalue weighted by molar-refractivity contribution is -0.131. The fraction of sp³-hybridized carbons (Fsp3) is 0.312. The summed E-state index contributed by atoms with van der Waals surface area (Å²) in [6, 6.07) is 7.41. The van der Waals surface area contributed by atoms with E-state index in [1.807, 2.05) is 30.3 Å². The highest BCUT2D eigenvalue weighted by Gasteiger charge is 1.96. The van der Waals surface area contributed by atoms with Gasteiger partial charge in [0.1, 0.15) is 5.75 Å². The topological polar surface area (TPSA) is 46.5 Å². The third-order valence-corrected chi connectivity index (χ3v) is 2.60. The van der Waals surface area contributed by atoms with Gasteiger partial charge in [0, 0.05) is 6.08 Å². The monoisotopic (exact) mass is 260 g/mol. The molecule has 1 N–H and O–H groups in total. The number of carboxylic acid groups (broad SMARTS) is 1. The van der Waals surface area contributed by atoms with Crippen LogP contribution in [0, 0.1) is 0 Å². The summed E-state index contributed by atoms with van der Waals surface area (Å²) in [4.78, 5) is 10.4. The number of unbranched alkanes of at least 4 members (excludes halogenated alkanes) is 3. The van der Waals surface area contributed by atoms with Crippen molar-refractivity contribution >= 4 is 12.0 Å². The van der Waals surface area contributed by atoms with Gasteiger partial charge in [-0.15, -0.1) is 6.58 Å². The predicted octanol–water partition coefficient (Wildman–Crippen LogP) is 3.91. The maximum Gasteiger partial charge on any atom is 0.328 e. The van der Waals surface area contributed by atoms with Crippen LogP contribution in [0.3, 0.4) is 0 Å². The quantitative estimate of drug-likeness (QED) is 0.416. The molecule has 3 nitrogen and oxygen atoms in total. The Labute approximate surface area is 114 Å². The molecule has 0 aliphatic heterocycles. The Balaban J connectivity index is 2.35. The summed E-state index contributed by atoms with van der Waals surface area (Å²) in [6.45, 7) is 4.37. The highest BCUT2D eigenvalue weighted by Crippen LogP contribution is 2.15. The van der Waals surface area contributed by atoms with E-state index in [2.05, 4.69) is 6.58 Å². The van der Waals surface area contributed by atoms with Crippen LogP contribution >= 0.6 is 0 Å². The molecule has 102 valence electrons. The largest absolute Gasteiger partial charge is 0.494 e. The van der Waals surface area contributed by atoms with Gasteiger partial charge in [-0.2, -0.15) is 0 Å². The second-order valence-electron chi connectivity index (χ2n) is 4.23. The van der Waals surface area contributed by atoms with Crippen LogP contribution in [0.4, 0.5) is 0 Å². The fourth-order valence-electron chi connectivity index (χ4n) is 1.63. The number of carbonyl (C=O) groups is 1. The molecule has 0 heterocycles. The Bertz CT molecular complexity index is 435. The standard InChI is InChI=1S/C16H20O3/c1-2-3-4-5-6-12-19-15-9-7-8-14(13-15)10-11-16(17)18/h2,7-11,13H,1,3-6,12H2,(H,17,18)/b11-10+. The number of carboxylic acids is 1. The van der Waals surface area contributed by atoms with Gasteiger partial charge in [0.05, 0.1) is 6.61 Å². The van der Waals surface area contributed by atoms with E-state index in [1.165, 1.54) is 0 Å². The van der Waals surface area contributed by atoms with Gasteiger partial charge in [0.25, 0.3) is 0 Å². The zero-order chi connectivity index (χ0) is 13.9. The Hall–Kier alpha value is -2.03.